The van der Waals surface area contributed by atoms with Crippen molar-refractivity contribution in [1.29, 1.82) is 0 Å². The van der Waals surface area contributed by atoms with E-state index in [0.717, 1.165) is 0 Å². The van der Waals surface area contributed by atoms with Gasteiger partial charge in [-0.05, 0) is 76.2 Å². The fraction of sp³-hybridized carbons (Fsp3) is 0.929. The van der Waals surface area contributed by atoms with Crippen molar-refractivity contribution in [2.24, 2.45) is 0 Å². The number of carbonyl (C=O) groups is 2. The van der Waals surface area contributed by atoms with Crippen LogP contribution in [0.25, 0.3) is 0 Å². The van der Waals surface area contributed by atoms with Gasteiger partial charge in [0.2, 0.25) is 0 Å². The van der Waals surface area contributed by atoms with E-state index in [9.17, 15) is 9.59 Å². The molecule has 4 heterocycles. The summed E-state index contributed by atoms with van der Waals surface area (Å²) in [5.74, 6) is -2.98. The van der Waals surface area contributed by atoms with Crippen molar-refractivity contribution in [2.45, 2.75) is 154 Å². The molecule has 0 radical (unpaired) electrons. The molecule has 40 heavy (non-hydrogen) atoms. The smallest absolute Gasteiger partial charge is 0.330 e. The molecule has 4 fully saturated rings. The number of esters is 2. The average molecular weight is 574 g/mol. The molecule has 0 spiro atoms. The monoisotopic (exact) mass is 573 g/mol. The molecule has 0 aromatic rings. The summed E-state index contributed by atoms with van der Waals surface area (Å²) in [7, 11) is 0. The highest BCUT2D eigenvalue weighted by atomic mass is 16.8. The first-order chi connectivity index (χ1) is 18.2. The highest BCUT2D eigenvalue weighted by molar-refractivity contribution is 5.87. The summed E-state index contributed by atoms with van der Waals surface area (Å²) in [6, 6.07) is 0. The zero-order chi connectivity index (χ0) is 29.9. The van der Waals surface area contributed by atoms with Gasteiger partial charge >= 0.3 is 11.9 Å². The second-order valence-corrected chi connectivity index (χ2v) is 13.7. The molecule has 230 valence electrons. The predicted octanol–water partition coefficient (Wildman–Crippen LogP) is 3.20. The van der Waals surface area contributed by atoms with Crippen molar-refractivity contribution in [1.82, 2.24) is 5.06 Å². The van der Waals surface area contributed by atoms with Crippen LogP contribution in [0.3, 0.4) is 0 Å². The van der Waals surface area contributed by atoms with Crippen molar-refractivity contribution < 1.29 is 52.3 Å². The molecule has 0 aromatic heterocycles. The van der Waals surface area contributed by atoms with Crippen molar-refractivity contribution in [3.05, 3.63) is 0 Å². The second kappa shape index (κ2) is 10.7. The maximum Gasteiger partial charge on any atom is 0.330 e. The molecule has 0 saturated carbocycles. The van der Waals surface area contributed by atoms with Crippen LogP contribution < -0.4 is 0 Å². The van der Waals surface area contributed by atoms with E-state index in [4.69, 9.17) is 42.7 Å². The molecule has 0 aromatic carbocycles. The van der Waals surface area contributed by atoms with Crippen molar-refractivity contribution in [3.8, 4) is 0 Å². The Balaban J connectivity index is 1.74. The fourth-order valence-electron chi connectivity index (χ4n) is 5.57. The summed E-state index contributed by atoms with van der Waals surface area (Å²) in [4.78, 5) is 33.6. The van der Waals surface area contributed by atoms with Crippen molar-refractivity contribution in [3.63, 3.8) is 0 Å². The Kier molecular flexibility index (Phi) is 8.45. The third kappa shape index (κ3) is 6.81. The van der Waals surface area contributed by atoms with E-state index in [2.05, 4.69) is 0 Å². The SMILES string of the molecule is CCO[C@@H]1C[C@@](CC(=O)OC(C)(C)C)(C(=O)OC(C)(C)C)N([C@H]2O[C@H]([C@H]3COC(C)(C)O3)[C@@H]3OC(C)(C)O[C@@H]32)O1. The van der Waals surface area contributed by atoms with Crippen LogP contribution in [-0.2, 0) is 52.3 Å². The van der Waals surface area contributed by atoms with Gasteiger partial charge < -0.3 is 37.9 Å². The minimum Gasteiger partial charge on any atom is -0.460 e. The van der Waals surface area contributed by atoms with Crippen LogP contribution in [0.15, 0.2) is 0 Å². The Morgan fingerprint density at radius 2 is 1.50 bits per heavy atom. The van der Waals surface area contributed by atoms with Crippen LogP contribution in [0.2, 0.25) is 0 Å². The van der Waals surface area contributed by atoms with E-state index in [1.807, 2.05) is 34.6 Å². The number of fused-ring (bicyclic) bond motifs is 1. The Hall–Kier alpha value is -1.38. The molecule has 0 N–H and O–H groups in total. The standard InChI is InChI=1S/C28H47NO11/c1-12-32-18-14-28(23(31)39-25(5,6)7,13-17(30)36-24(2,3)4)29(40-18)22-21-20(37-27(10,11)38-21)19(34-22)16-15-33-26(8,9)35-16/h16,18-22H,12-15H2,1-11H3/t16-,18+,19-,20+,21+,22+,28+/m1/s1. The molecule has 0 aliphatic carbocycles. The van der Waals surface area contributed by atoms with Crippen LogP contribution in [0.5, 0.6) is 0 Å². The van der Waals surface area contributed by atoms with Crippen molar-refractivity contribution in [2.75, 3.05) is 13.2 Å². The molecule has 4 saturated heterocycles. The van der Waals surface area contributed by atoms with Gasteiger partial charge in [0.15, 0.2) is 29.6 Å². The van der Waals surface area contributed by atoms with E-state index >= 15 is 0 Å². The lowest BCUT2D eigenvalue weighted by Crippen LogP contribution is -2.60. The molecular formula is C28H47NO11. The lowest BCUT2D eigenvalue weighted by molar-refractivity contribution is -0.328. The van der Waals surface area contributed by atoms with Crippen molar-refractivity contribution >= 4 is 11.9 Å². The molecule has 0 unspecified atom stereocenters. The maximum atomic E-state index is 14.1. The molecule has 7 atom stereocenters. The molecule has 0 amide bonds. The molecule has 4 rings (SSSR count). The number of rotatable bonds is 7. The lowest BCUT2D eigenvalue weighted by atomic mass is 9.90. The summed E-state index contributed by atoms with van der Waals surface area (Å²) < 4.78 is 48.5. The van der Waals surface area contributed by atoms with E-state index < -0.39 is 77.2 Å². The average Bonchev–Trinajstić information content (AvgIpc) is 3.46. The van der Waals surface area contributed by atoms with Crippen LogP contribution in [0, 0.1) is 0 Å². The molecule has 0 bridgehead atoms. The number of nitrogens with zero attached hydrogens (tertiary/aromatic N) is 1. The largest absolute Gasteiger partial charge is 0.460 e. The third-order valence-corrected chi connectivity index (χ3v) is 6.84. The highest BCUT2D eigenvalue weighted by Crippen LogP contribution is 2.48. The summed E-state index contributed by atoms with van der Waals surface area (Å²) >= 11 is 0. The quantitative estimate of drug-likeness (QED) is 0.416. The van der Waals surface area contributed by atoms with E-state index in [1.54, 1.807) is 41.5 Å². The van der Waals surface area contributed by atoms with Gasteiger partial charge in [-0.15, -0.1) is 5.06 Å². The van der Waals surface area contributed by atoms with Gasteiger partial charge in [0.25, 0.3) is 0 Å². The Bertz CT molecular complexity index is 955. The summed E-state index contributed by atoms with van der Waals surface area (Å²) in [5.41, 5.74) is -3.25. The minimum absolute atomic E-state index is 0.0111. The minimum atomic E-state index is -1.64. The zero-order valence-electron chi connectivity index (χ0n) is 25.7. The van der Waals surface area contributed by atoms with E-state index in [-0.39, 0.29) is 19.4 Å². The number of ether oxygens (including phenoxy) is 8. The van der Waals surface area contributed by atoms with Gasteiger partial charge in [-0.25, -0.2) is 4.79 Å². The molecular weight excluding hydrogens is 526 g/mol. The normalized spacial score (nSPS) is 37.5. The van der Waals surface area contributed by atoms with Gasteiger partial charge in [0, 0.05) is 13.0 Å². The van der Waals surface area contributed by atoms with E-state index in [0.29, 0.717) is 6.61 Å². The number of hydroxylamine groups is 2. The van der Waals surface area contributed by atoms with Gasteiger partial charge in [0.05, 0.1) is 13.0 Å². The summed E-state index contributed by atoms with van der Waals surface area (Å²) in [5, 5.41) is 1.38. The Labute approximate surface area is 237 Å². The Morgan fingerprint density at radius 1 is 0.875 bits per heavy atom. The highest BCUT2D eigenvalue weighted by Gasteiger charge is 2.67. The first-order valence-electron chi connectivity index (χ1n) is 14.1. The predicted molar refractivity (Wildman–Crippen MR) is 139 cm³/mol. The van der Waals surface area contributed by atoms with Crippen LogP contribution in [-0.4, -0.2) is 95.5 Å². The Morgan fingerprint density at radius 3 is 2.05 bits per heavy atom. The zero-order valence-corrected chi connectivity index (χ0v) is 25.7. The van der Waals surface area contributed by atoms with Crippen LogP contribution in [0.4, 0.5) is 0 Å². The number of hydrogen-bond acceptors (Lipinski definition) is 12. The molecule has 12 heteroatoms. The lowest BCUT2D eigenvalue weighted by Gasteiger charge is -2.39. The maximum absolute atomic E-state index is 14.1. The first-order valence-corrected chi connectivity index (χ1v) is 14.1. The van der Waals surface area contributed by atoms with Crippen LogP contribution in [0.1, 0.15) is 89.0 Å². The number of hydrogen-bond donors (Lipinski definition) is 0. The van der Waals surface area contributed by atoms with Gasteiger partial charge in [-0.1, -0.05) is 0 Å². The van der Waals surface area contributed by atoms with Crippen LogP contribution >= 0.6 is 0 Å². The topological polar surface area (TPSA) is 120 Å². The molecule has 4 aliphatic rings. The third-order valence-electron chi connectivity index (χ3n) is 6.84. The summed E-state index contributed by atoms with van der Waals surface area (Å²) in [6.45, 7) is 20.3. The van der Waals surface area contributed by atoms with Gasteiger partial charge in [-0.3, -0.25) is 9.63 Å². The first kappa shape index (κ1) is 31.6. The van der Waals surface area contributed by atoms with Gasteiger partial charge in [-0.2, -0.15) is 0 Å². The molecule has 12 nitrogen and oxygen atoms in total. The van der Waals surface area contributed by atoms with Gasteiger partial charge in [0.1, 0.15) is 35.6 Å². The fourth-order valence-corrected chi connectivity index (χ4v) is 5.57. The molecule has 4 aliphatic heterocycles. The summed E-state index contributed by atoms with van der Waals surface area (Å²) in [6.07, 6.45) is -4.47. The number of carbonyl (C=O) groups excluding carboxylic acids is 2. The second-order valence-electron chi connectivity index (χ2n) is 13.7. The van der Waals surface area contributed by atoms with E-state index in [1.165, 1.54) is 5.06 Å².